The highest BCUT2D eigenvalue weighted by molar-refractivity contribution is 7.15. The van der Waals surface area contributed by atoms with Crippen LogP contribution in [-0.2, 0) is 0 Å². The van der Waals surface area contributed by atoms with Crippen LogP contribution >= 0.6 is 11.3 Å². The van der Waals surface area contributed by atoms with Crippen LogP contribution in [0.15, 0.2) is 35.8 Å². The molecule has 3 aromatic rings. The Bertz CT molecular complexity index is 634. The van der Waals surface area contributed by atoms with E-state index in [4.69, 9.17) is 5.73 Å². The van der Waals surface area contributed by atoms with Crippen molar-refractivity contribution >= 4 is 22.1 Å². The molecular formula is C12H11N3S. The number of imidazole rings is 1. The van der Waals surface area contributed by atoms with E-state index in [1.807, 2.05) is 16.0 Å². The molecule has 4 heteroatoms. The average molecular weight is 229 g/mol. The Morgan fingerprint density at radius 1 is 1.25 bits per heavy atom. The molecule has 0 bridgehead atoms. The van der Waals surface area contributed by atoms with Crippen LogP contribution in [0.4, 0.5) is 5.82 Å². The summed E-state index contributed by atoms with van der Waals surface area (Å²) in [6, 6.07) is 8.34. The van der Waals surface area contributed by atoms with Gasteiger partial charge in [0.1, 0.15) is 5.82 Å². The quantitative estimate of drug-likeness (QED) is 0.697. The molecule has 0 saturated carbocycles. The van der Waals surface area contributed by atoms with Crippen molar-refractivity contribution in [2.45, 2.75) is 6.92 Å². The van der Waals surface area contributed by atoms with E-state index in [9.17, 15) is 0 Å². The summed E-state index contributed by atoms with van der Waals surface area (Å²) in [6.07, 6.45) is 1.98. The van der Waals surface area contributed by atoms with Crippen molar-refractivity contribution < 1.29 is 0 Å². The zero-order chi connectivity index (χ0) is 11.1. The van der Waals surface area contributed by atoms with Gasteiger partial charge in [-0.05, 0) is 6.92 Å². The van der Waals surface area contributed by atoms with Gasteiger partial charge in [0.05, 0.1) is 5.69 Å². The molecule has 2 heterocycles. The number of fused-ring (bicyclic) bond motifs is 1. The van der Waals surface area contributed by atoms with E-state index in [0.717, 1.165) is 22.0 Å². The van der Waals surface area contributed by atoms with Crippen LogP contribution in [0.1, 0.15) is 5.56 Å². The minimum Gasteiger partial charge on any atom is -0.384 e. The lowest BCUT2D eigenvalue weighted by Crippen LogP contribution is -1.87. The van der Waals surface area contributed by atoms with Crippen LogP contribution in [-0.4, -0.2) is 9.38 Å². The van der Waals surface area contributed by atoms with E-state index < -0.39 is 0 Å². The first-order valence-electron chi connectivity index (χ1n) is 5.03. The smallest absolute Gasteiger partial charge is 0.195 e. The van der Waals surface area contributed by atoms with Crippen LogP contribution in [0.2, 0.25) is 0 Å². The van der Waals surface area contributed by atoms with Crippen molar-refractivity contribution in [3.05, 3.63) is 41.4 Å². The minimum absolute atomic E-state index is 0.742. The third kappa shape index (κ3) is 1.39. The first-order valence-corrected chi connectivity index (χ1v) is 5.91. The SMILES string of the molecule is Cc1ccc(-c2cn3c(N)csc3n2)cc1. The van der Waals surface area contributed by atoms with Gasteiger partial charge < -0.3 is 5.73 Å². The average Bonchev–Trinajstić information content (AvgIpc) is 2.83. The molecule has 0 aliphatic carbocycles. The molecule has 0 amide bonds. The predicted octanol–water partition coefficient (Wildman–Crippen LogP) is 2.95. The Morgan fingerprint density at radius 3 is 2.69 bits per heavy atom. The maximum atomic E-state index is 5.83. The summed E-state index contributed by atoms with van der Waals surface area (Å²) in [6.45, 7) is 2.08. The Kier molecular flexibility index (Phi) is 1.97. The first-order chi connectivity index (χ1) is 7.74. The highest BCUT2D eigenvalue weighted by Gasteiger charge is 2.07. The molecule has 0 spiro atoms. The van der Waals surface area contributed by atoms with Gasteiger partial charge in [0, 0.05) is 17.1 Å². The lowest BCUT2D eigenvalue weighted by Gasteiger charge is -1.96. The van der Waals surface area contributed by atoms with Crippen LogP contribution in [0.25, 0.3) is 16.2 Å². The number of nitrogens with zero attached hydrogens (tertiary/aromatic N) is 2. The number of benzene rings is 1. The molecule has 0 fully saturated rings. The molecule has 3 rings (SSSR count). The van der Waals surface area contributed by atoms with Crippen LogP contribution in [0.3, 0.4) is 0 Å². The minimum atomic E-state index is 0.742. The molecule has 3 nitrogen and oxygen atoms in total. The van der Waals surface area contributed by atoms with Gasteiger partial charge in [0.2, 0.25) is 0 Å². The number of rotatable bonds is 1. The summed E-state index contributed by atoms with van der Waals surface area (Å²) < 4.78 is 1.92. The summed E-state index contributed by atoms with van der Waals surface area (Å²) >= 11 is 1.56. The first kappa shape index (κ1) is 9.42. The fourth-order valence-electron chi connectivity index (χ4n) is 1.66. The van der Waals surface area contributed by atoms with Crippen molar-refractivity contribution in [2.24, 2.45) is 0 Å². The highest BCUT2D eigenvalue weighted by atomic mass is 32.1. The number of anilines is 1. The molecule has 16 heavy (non-hydrogen) atoms. The normalized spacial score (nSPS) is 11.1. The van der Waals surface area contributed by atoms with E-state index in [0.29, 0.717) is 0 Å². The Morgan fingerprint density at radius 2 is 2.00 bits per heavy atom. The lowest BCUT2D eigenvalue weighted by molar-refractivity contribution is 1.24. The molecule has 0 saturated heterocycles. The second-order valence-corrected chi connectivity index (χ2v) is 4.64. The van der Waals surface area contributed by atoms with E-state index in [2.05, 4.69) is 36.2 Å². The predicted molar refractivity (Wildman–Crippen MR) is 67.7 cm³/mol. The monoisotopic (exact) mass is 229 g/mol. The van der Waals surface area contributed by atoms with Crippen molar-refractivity contribution in [1.29, 1.82) is 0 Å². The summed E-state index contributed by atoms with van der Waals surface area (Å²) in [5.74, 6) is 0.742. The standard InChI is InChI=1S/C12H11N3S/c1-8-2-4-9(5-3-8)10-6-15-11(13)7-16-12(15)14-10/h2-7H,13H2,1H3. The van der Waals surface area contributed by atoms with Gasteiger partial charge in [-0.25, -0.2) is 4.98 Å². The molecular weight excluding hydrogens is 218 g/mol. The summed E-state index contributed by atoms with van der Waals surface area (Å²) in [5.41, 5.74) is 9.18. The molecule has 0 aliphatic rings. The van der Waals surface area contributed by atoms with E-state index in [1.54, 1.807) is 11.3 Å². The van der Waals surface area contributed by atoms with Crippen molar-refractivity contribution in [3.8, 4) is 11.3 Å². The number of hydrogen-bond acceptors (Lipinski definition) is 3. The number of aryl methyl sites for hydroxylation is 1. The third-order valence-corrected chi connectivity index (χ3v) is 3.44. The summed E-state index contributed by atoms with van der Waals surface area (Å²) in [5, 5.41) is 1.90. The highest BCUT2D eigenvalue weighted by Crippen LogP contribution is 2.24. The zero-order valence-electron chi connectivity index (χ0n) is 8.84. The van der Waals surface area contributed by atoms with Crippen molar-refractivity contribution in [3.63, 3.8) is 0 Å². The Hall–Kier alpha value is -1.81. The topological polar surface area (TPSA) is 43.3 Å². The summed E-state index contributed by atoms with van der Waals surface area (Å²) in [7, 11) is 0. The second kappa shape index (κ2) is 3.35. The van der Waals surface area contributed by atoms with Gasteiger partial charge in [-0.1, -0.05) is 29.8 Å². The number of nitrogen functional groups attached to an aromatic ring is 1. The van der Waals surface area contributed by atoms with Crippen molar-refractivity contribution in [2.75, 3.05) is 5.73 Å². The molecule has 1 aromatic carbocycles. The maximum Gasteiger partial charge on any atom is 0.195 e. The van der Waals surface area contributed by atoms with Gasteiger partial charge >= 0.3 is 0 Å². The number of nitrogens with two attached hydrogens (primary N) is 1. The summed E-state index contributed by atoms with van der Waals surface area (Å²) in [4.78, 5) is 5.47. The molecule has 0 aliphatic heterocycles. The molecule has 80 valence electrons. The number of hydrogen-bond donors (Lipinski definition) is 1. The van der Waals surface area contributed by atoms with E-state index in [1.165, 1.54) is 5.56 Å². The molecule has 2 N–H and O–H groups in total. The largest absolute Gasteiger partial charge is 0.384 e. The molecule has 0 unspecified atom stereocenters. The Labute approximate surface area is 97.2 Å². The number of thiazole rings is 1. The van der Waals surface area contributed by atoms with Crippen LogP contribution in [0, 0.1) is 6.92 Å². The molecule has 2 aromatic heterocycles. The molecule has 0 radical (unpaired) electrons. The zero-order valence-corrected chi connectivity index (χ0v) is 9.66. The van der Waals surface area contributed by atoms with E-state index >= 15 is 0 Å². The second-order valence-electron chi connectivity index (χ2n) is 3.81. The van der Waals surface area contributed by atoms with Crippen molar-refractivity contribution in [1.82, 2.24) is 9.38 Å². The van der Waals surface area contributed by atoms with Gasteiger partial charge in [-0.15, -0.1) is 11.3 Å². The molecule has 0 atom stereocenters. The third-order valence-electron chi connectivity index (χ3n) is 2.58. The maximum absolute atomic E-state index is 5.83. The fraction of sp³-hybridized carbons (Fsp3) is 0.0833. The number of aromatic nitrogens is 2. The van der Waals surface area contributed by atoms with Gasteiger partial charge in [-0.2, -0.15) is 0 Å². The van der Waals surface area contributed by atoms with Crippen LogP contribution < -0.4 is 5.73 Å². The van der Waals surface area contributed by atoms with Crippen LogP contribution in [0.5, 0.6) is 0 Å². The lowest BCUT2D eigenvalue weighted by atomic mass is 10.1. The van der Waals surface area contributed by atoms with E-state index in [-0.39, 0.29) is 0 Å². The Balaban J connectivity index is 2.15. The van der Waals surface area contributed by atoms with Gasteiger partial charge in [-0.3, -0.25) is 4.40 Å². The van der Waals surface area contributed by atoms with Gasteiger partial charge in [0.25, 0.3) is 0 Å². The van der Waals surface area contributed by atoms with Gasteiger partial charge in [0.15, 0.2) is 4.96 Å². The fourth-order valence-corrected chi connectivity index (χ4v) is 2.43.